The van der Waals surface area contributed by atoms with Crippen LogP contribution in [0.3, 0.4) is 0 Å². The van der Waals surface area contributed by atoms with E-state index in [4.69, 9.17) is 10.9 Å². The summed E-state index contributed by atoms with van der Waals surface area (Å²) >= 11 is 0.667. The van der Waals surface area contributed by atoms with Gasteiger partial charge < -0.3 is 41.2 Å². The van der Waals surface area contributed by atoms with Crippen LogP contribution >= 0.6 is 25.4 Å². The number of carbonyl (C=O) groups is 5. The minimum Gasteiger partial charge on any atom is -0.401 e. The second-order valence-electron chi connectivity index (χ2n) is 9.75. The third-order valence-electron chi connectivity index (χ3n) is 7.00. The number of likely N-dealkylation sites (N-methyl/N-ethyl adjacent to an activating group) is 1. The van der Waals surface area contributed by atoms with E-state index in [-0.39, 0.29) is 49.0 Å². The molecule has 1 heterocycles. The number of carbonyl (C=O) groups excluding carboxylic acids is 5. The Hall–Kier alpha value is -3.14. The molecule has 2 aliphatic rings. The van der Waals surface area contributed by atoms with Gasteiger partial charge in [-0.3, -0.25) is 24.3 Å². The first-order valence-electron chi connectivity index (χ1n) is 13.4. The van der Waals surface area contributed by atoms with E-state index < -0.39 is 23.6 Å². The minimum absolute atomic E-state index is 0. The molecule has 3 rings (SSSR count). The van der Waals surface area contributed by atoms with Crippen molar-refractivity contribution in [2.24, 2.45) is 22.7 Å². The Labute approximate surface area is 257 Å². The summed E-state index contributed by atoms with van der Waals surface area (Å²) in [6, 6.07) is 3.38. The Morgan fingerprint density at radius 3 is 2.26 bits per heavy atom. The van der Waals surface area contributed by atoms with Gasteiger partial charge in [0, 0.05) is 38.5 Å². The van der Waals surface area contributed by atoms with Gasteiger partial charge in [-0.2, -0.15) is 13.5 Å². The fourth-order valence-corrected chi connectivity index (χ4v) is 5.17. The number of Topliss-reactive ketones (excluding diaryl/α,β-unsaturated/α-hetero) is 1. The van der Waals surface area contributed by atoms with Gasteiger partial charge in [-0.05, 0) is 75.6 Å². The summed E-state index contributed by atoms with van der Waals surface area (Å²) in [6.45, 7) is 1.61. The van der Waals surface area contributed by atoms with Gasteiger partial charge in [0.25, 0.3) is 17.4 Å². The number of anilines is 1. The zero-order valence-corrected chi connectivity index (χ0v) is 26.4. The van der Waals surface area contributed by atoms with Crippen LogP contribution in [0.4, 0.5) is 5.69 Å². The maximum absolute atomic E-state index is 11.7. The van der Waals surface area contributed by atoms with E-state index in [9.17, 15) is 28.8 Å². The summed E-state index contributed by atoms with van der Waals surface area (Å²) in [7, 11) is 5.10. The van der Waals surface area contributed by atoms with Gasteiger partial charge in [-0.15, -0.1) is 0 Å². The molecule has 4 atom stereocenters. The Morgan fingerprint density at radius 2 is 1.83 bits per heavy atom. The van der Waals surface area contributed by atoms with Crippen molar-refractivity contribution in [3.63, 3.8) is 0 Å². The molecule has 236 valence electrons. The van der Waals surface area contributed by atoms with E-state index in [1.165, 1.54) is 44.2 Å². The van der Waals surface area contributed by atoms with Crippen LogP contribution in [0.25, 0.3) is 0 Å². The number of aldehydes is 2. The minimum atomic E-state index is -0.891. The number of hydrogen-bond acceptors (Lipinski definition) is 11. The van der Waals surface area contributed by atoms with E-state index in [1.807, 2.05) is 0 Å². The summed E-state index contributed by atoms with van der Waals surface area (Å²) in [4.78, 5) is 66.5. The highest BCUT2D eigenvalue weighted by Gasteiger charge is 2.38. The van der Waals surface area contributed by atoms with Gasteiger partial charge in [0.15, 0.2) is 0 Å². The van der Waals surface area contributed by atoms with Crippen LogP contribution in [0.2, 0.25) is 0 Å². The van der Waals surface area contributed by atoms with Crippen molar-refractivity contribution in [1.82, 2.24) is 20.5 Å². The fourth-order valence-electron chi connectivity index (χ4n) is 4.82. The molecule has 13 nitrogen and oxygen atoms in total. The first-order valence-corrected chi connectivity index (χ1v) is 14.3. The number of ketones is 1. The first kappa shape index (κ1) is 38.9. The number of rotatable bonds is 12. The quantitative estimate of drug-likeness (QED) is 0.0796. The number of nitrogens with two attached hydrogens (primary N) is 2. The van der Waals surface area contributed by atoms with Crippen LogP contribution in [0.1, 0.15) is 45.4 Å². The molecule has 4 unspecified atom stereocenters. The molecule has 2 saturated carbocycles. The van der Waals surface area contributed by atoms with Gasteiger partial charge in [0.1, 0.15) is 23.2 Å². The molecular formula is C27H45N7O6S2. The SMILES string of the molecule is CNC(=O)C(=O)CCC(C=O)NC(=O)/C(SN)=C(\C)N.CNC1CC2CCC1C2.CNc1cccn(CC=O)c1=O.S. The zero-order chi connectivity index (χ0) is 30.9. The number of amides is 2. The maximum atomic E-state index is 11.7. The molecule has 2 amide bonds. The van der Waals surface area contributed by atoms with Crippen LogP contribution in [0, 0.1) is 11.8 Å². The molecule has 2 aliphatic carbocycles. The monoisotopic (exact) mass is 627 g/mol. The molecule has 0 spiro atoms. The average molecular weight is 628 g/mol. The topological polar surface area (TPSA) is 208 Å². The van der Waals surface area contributed by atoms with E-state index in [0.717, 1.165) is 17.9 Å². The lowest BCUT2D eigenvalue weighted by Gasteiger charge is -2.20. The number of allylic oxidation sites excluding steroid dienone is 1. The van der Waals surface area contributed by atoms with Crippen molar-refractivity contribution in [1.29, 1.82) is 0 Å². The predicted molar refractivity (Wildman–Crippen MR) is 170 cm³/mol. The van der Waals surface area contributed by atoms with Crippen LogP contribution in [0.5, 0.6) is 0 Å². The third kappa shape index (κ3) is 12.4. The summed E-state index contributed by atoms with van der Waals surface area (Å²) in [5.74, 6) is 0.138. The fraction of sp³-hybridized carbons (Fsp3) is 0.556. The maximum Gasteiger partial charge on any atom is 0.287 e. The lowest BCUT2D eigenvalue weighted by molar-refractivity contribution is -0.137. The van der Waals surface area contributed by atoms with Crippen molar-refractivity contribution in [2.45, 2.75) is 64.1 Å². The third-order valence-corrected chi connectivity index (χ3v) is 7.74. The smallest absolute Gasteiger partial charge is 0.287 e. The van der Waals surface area contributed by atoms with Gasteiger partial charge in [-0.1, -0.05) is 6.42 Å². The lowest BCUT2D eigenvalue weighted by Crippen LogP contribution is -2.38. The molecule has 42 heavy (non-hydrogen) atoms. The molecule has 0 aromatic carbocycles. The molecule has 0 saturated heterocycles. The molecular weight excluding hydrogens is 582 g/mol. The number of nitrogens with zero attached hydrogens (tertiary/aromatic N) is 1. The number of pyridine rings is 1. The summed E-state index contributed by atoms with van der Waals surface area (Å²) in [5.41, 5.74) is 6.02. The van der Waals surface area contributed by atoms with Crippen LogP contribution < -0.4 is 37.7 Å². The summed E-state index contributed by atoms with van der Waals surface area (Å²) in [5, 5.41) is 16.0. The van der Waals surface area contributed by atoms with E-state index in [0.29, 0.717) is 30.2 Å². The Balaban J connectivity index is 0.000000642. The second kappa shape index (κ2) is 20.7. The molecule has 0 aliphatic heterocycles. The van der Waals surface area contributed by atoms with E-state index in [1.54, 1.807) is 25.4 Å². The van der Waals surface area contributed by atoms with Gasteiger partial charge in [0.05, 0.1) is 12.6 Å². The highest BCUT2D eigenvalue weighted by molar-refractivity contribution is 8.01. The van der Waals surface area contributed by atoms with Gasteiger partial charge in [0.2, 0.25) is 5.78 Å². The van der Waals surface area contributed by atoms with Crippen LogP contribution in [0.15, 0.2) is 33.7 Å². The molecule has 0 radical (unpaired) electrons. The number of aromatic nitrogens is 1. The highest BCUT2D eigenvalue weighted by Crippen LogP contribution is 2.44. The normalized spacial score (nSPS) is 19.2. The average Bonchev–Trinajstić information content (AvgIpc) is 3.60. The highest BCUT2D eigenvalue weighted by atomic mass is 32.2. The largest absolute Gasteiger partial charge is 0.401 e. The van der Waals surface area contributed by atoms with E-state index in [2.05, 4.69) is 28.3 Å². The summed E-state index contributed by atoms with van der Waals surface area (Å²) < 4.78 is 1.35. The Kier molecular flexibility index (Phi) is 19.1. The molecule has 2 fully saturated rings. The Bertz CT molecular complexity index is 1140. The molecule has 15 heteroatoms. The molecule has 1 aromatic rings. The number of nitrogens with one attached hydrogen (secondary N) is 4. The Morgan fingerprint density at radius 1 is 1.14 bits per heavy atom. The van der Waals surface area contributed by atoms with Gasteiger partial charge >= 0.3 is 0 Å². The lowest BCUT2D eigenvalue weighted by atomic mass is 9.96. The predicted octanol–water partition coefficient (Wildman–Crippen LogP) is 0.159. The zero-order valence-electron chi connectivity index (χ0n) is 24.6. The van der Waals surface area contributed by atoms with Crippen molar-refractivity contribution in [3.8, 4) is 0 Å². The molecule has 2 bridgehead atoms. The molecule has 1 aromatic heterocycles. The van der Waals surface area contributed by atoms with Crippen molar-refractivity contribution in [2.75, 3.05) is 26.5 Å². The number of hydrogen-bond donors (Lipinski definition) is 6. The van der Waals surface area contributed by atoms with Crippen LogP contribution in [-0.2, 0) is 30.5 Å². The number of fused-ring (bicyclic) bond motifs is 2. The van der Waals surface area contributed by atoms with Crippen molar-refractivity contribution >= 4 is 61.3 Å². The van der Waals surface area contributed by atoms with Crippen molar-refractivity contribution in [3.05, 3.63) is 39.3 Å². The van der Waals surface area contributed by atoms with Crippen molar-refractivity contribution < 1.29 is 24.0 Å². The standard InChI is InChI=1S/C11H18N4O4S.C8H10N2O2.C8H15N.H2S/c1-6(12)9(20-13)11(19)15-7(5-16)3-4-8(17)10(18)14-2;1-9-7-3-2-4-10(5-6-11)8(7)12;1-9-8-5-6-2-3-7(8)4-6;/h5,7H,3-4,12-13H2,1-2H3,(H,14,18)(H,15,19);2-4,6,9H,5H2,1H3;6-9H,2-5H2,1H3;1H2/b9-6-;;;. The van der Waals surface area contributed by atoms with Crippen LogP contribution in [-0.4, -0.2) is 68.0 Å². The first-order chi connectivity index (χ1) is 19.6. The van der Waals surface area contributed by atoms with E-state index >= 15 is 0 Å². The summed E-state index contributed by atoms with van der Waals surface area (Å²) in [6.07, 6.45) is 8.62. The molecule has 8 N–H and O–H groups in total. The second-order valence-corrected chi connectivity index (χ2v) is 10.4. The van der Waals surface area contributed by atoms with Gasteiger partial charge in [-0.25, -0.2) is 0 Å².